The second-order valence-corrected chi connectivity index (χ2v) is 8.21. The molecule has 2 atom stereocenters. The van der Waals surface area contributed by atoms with Gasteiger partial charge in [0, 0.05) is 11.8 Å². The quantitative estimate of drug-likeness (QED) is 0.820. The maximum atomic E-state index is 10.3. The summed E-state index contributed by atoms with van der Waals surface area (Å²) in [6.07, 6.45) is 4.58. The number of hydrogen-bond acceptors (Lipinski definition) is 2. The van der Waals surface area contributed by atoms with Crippen LogP contribution in [-0.2, 0) is 6.42 Å². The molecule has 0 aliphatic heterocycles. The molecule has 0 saturated heterocycles. The van der Waals surface area contributed by atoms with Crippen molar-refractivity contribution < 1.29 is 5.11 Å². The lowest BCUT2D eigenvalue weighted by molar-refractivity contribution is 0.0183. The van der Waals surface area contributed by atoms with Gasteiger partial charge in [-0.05, 0) is 64.8 Å². The molecule has 23 heavy (non-hydrogen) atoms. The van der Waals surface area contributed by atoms with E-state index in [0.717, 1.165) is 22.7 Å². The van der Waals surface area contributed by atoms with Gasteiger partial charge in [0.25, 0.3) is 0 Å². The summed E-state index contributed by atoms with van der Waals surface area (Å²) in [7, 11) is 0. The molecule has 0 amide bonds. The van der Waals surface area contributed by atoms with Crippen LogP contribution in [0.25, 0.3) is 11.3 Å². The van der Waals surface area contributed by atoms with E-state index in [1.165, 1.54) is 24.0 Å². The Bertz CT molecular complexity index is 775. The van der Waals surface area contributed by atoms with Gasteiger partial charge >= 0.3 is 0 Å². The molecule has 1 aromatic carbocycles. The van der Waals surface area contributed by atoms with Crippen molar-refractivity contribution in [2.24, 2.45) is 11.3 Å². The highest BCUT2D eigenvalue weighted by molar-refractivity contribution is 5.64. The monoisotopic (exact) mass is 307 g/mol. The Morgan fingerprint density at radius 2 is 2.00 bits per heavy atom. The Labute approximate surface area is 138 Å². The average Bonchev–Trinajstić information content (AvgIpc) is 2.53. The summed E-state index contributed by atoms with van der Waals surface area (Å²) in [5.41, 5.74) is 6.33. The summed E-state index contributed by atoms with van der Waals surface area (Å²) in [4.78, 5) is 4.71. The van der Waals surface area contributed by atoms with Crippen LogP contribution >= 0.6 is 0 Å². The van der Waals surface area contributed by atoms with E-state index in [1.807, 2.05) is 12.1 Å². The lowest BCUT2D eigenvalue weighted by Crippen LogP contribution is -2.48. The van der Waals surface area contributed by atoms with E-state index in [0.29, 0.717) is 23.0 Å². The summed E-state index contributed by atoms with van der Waals surface area (Å²) in [5.74, 6) is 2.19. The van der Waals surface area contributed by atoms with Gasteiger partial charge in [0.2, 0.25) is 0 Å². The fourth-order valence-corrected chi connectivity index (χ4v) is 4.50. The molecule has 0 spiro atoms. The zero-order valence-corrected chi connectivity index (χ0v) is 14.4. The Morgan fingerprint density at radius 1 is 1.22 bits per heavy atom. The molecular formula is C21H25NO. The molecule has 1 heterocycles. The molecule has 1 N–H and O–H groups in total. The van der Waals surface area contributed by atoms with Gasteiger partial charge in [-0.1, -0.05) is 39.8 Å². The predicted molar refractivity (Wildman–Crippen MR) is 93.8 cm³/mol. The number of rotatable bonds is 2. The van der Waals surface area contributed by atoms with Crippen LogP contribution in [-0.4, -0.2) is 10.1 Å². The Kier molecular flexibility index (Phi) is 3.10. The van der Waals surface area contributed by atoms with Gasteiger partial charge in [0.1, 0.15) is 5.75 Å². The second kappa shape index (κ2) is 4.83. The molecule has 2 bridgehead atoms. The highest BCUT2D eigenvalue weighted by Gasteiger charge is 2.52. The second-order valence-electron chi connectivity index (χ2n) is 8.21. The first-order chi connectivity index (χ1) is 10.9. The van der Waals surface area contributed by atoms with E-state index in [9.17, 15) is 5.11 Å². The van der Waals surface area contributed by atoms with Crippen LogP contribution in [0.3, 0.4) is 0 Å². The fraction of sp³-hybridized carbons (Fsp3) is 0.476. The van der Waals surface area contributed by atoms with Gasteiger partial charge in [-0.3, -0.25) is 4.98 Å². The number of pyridine rings is 1. The van der Waals surface area contributed by atoms with Crippen molar-refractivity contribution in [1.29, 1.82) is 0 Å². The van der Waals surface area contributed by atoms with Crippen molar-refractivity contribution in [3.8, 4) is 17.0 Å². The molecular weight excluding hydrogens is 282 g/mol. The van der Waals surface area contributed by atoms with Crippen molar-refractivity contribution in [3.63, 3.8) is 0 Å². The first kappa shape index (κ1) is 14.7. The van der Waals surface area contributed by atoms with E-state index >= 15 is 0 Å². The van der Waals surface area contributed by atoms with E-state index in [-0.39, 0.29) is 0 Å². The third-order valence-corrected chi connectivity index (χ3v) is 6.28. The maximum Gasteiger partial charge on any atom is 0.119 e. The molecule has 1 aromatic heterocycles. The molecule has 2 aromatic rings. The largest absolute Gasteiger partial charge is 0.508 e. The molecule has 0 radical (unpaired) electrons. The topological polar surface area (TPSA) is 33.1 Å². The van der Waals surface area contributed by atoms with Crippen molar-refractivity contribution in [2.75, 3.05) is 0 Å². The summed E-state index contributed by atoms with van der Waals surface area (Å²) < 4.78 is 0. The summed E-state index contributed by atoms with van der Waals surface area (Å²) in [6.45, 7) is 8.98. The molecule has 2 heteroatoms. The Balaban J connectivity index is 1.71. The summed E-state index contributed by atoms with van der Waals surface area (Å²) >= 11 is 0. The molecule has 1 saturated carbocycles. The van der Waals surface area contributed by atoms with Gasteiger partial charge in [0.05, 0.1) is 5.69 Å². The van der Waals surface area contributed by atoms with Crippen molar-refractivity contribution in [2.45, 2.75) is 52.4 Å². The number of phenolic OH excluding ortho intramolecular Hbond substituents is 1. The van der Waals surface area contributed by atoms with Gasteiger partial charge in [0.15, 0.2) is 0 Å². The standard InChI is InChI=1S/C21H25NO/c1-12(2)16-6-5-13(9-20(16)23)19-8-14-7-15-10-18(21(15,3)4)17(14)11-22-19/h5-6,8-9,11-12,15,18,23H,7,10H2,1-4H3/t15-,18-/m0/s1. The third-order valence-electron chi connectivity index (χ3n) is 6.28. The molecule has 120 valence electrons. The summed E-state index contributed by atoms with van der Waals surface area (Å²) in [6, 6.07) is 8.21. The number of benzene rings is 1. The van der Waals surface area contributed by atoms with Gasteiger partial charge < -0.3 is 5.11 Å². The molecule has 0 unspecified atom stereocenters. The number of aromatic hydroxyl groups is 1. The zero-order chi connectivity index (χ0) is 16.4. The van der Waals surface area contributed by atoms with Gasteiger partial charge in [-0.2, -0.15) is 0 Å². The highest BCUT2D eigenvalue weighted by Crippen LogP contribution is 2.62. The van der Waals surface area contributed by atoms with Crippen LogP contribution in [0.1, 0.15) is 62.6 Å². The lowest BCUT2D eigenvalue weighted by Gasteiger charge is -2.57. The molecule has 5 rings (SSSR count). The molecule has 3 aliphatic rings. The van der Waals surface area contributed by atoms with Crippen LogP contribution in [0.15, 0.2) is 30.5 Å². The maximum absolute atomic E-state index is 10.3. The number of phenols is 1. The average molecular weight is 307 g/mol. The third kappa shape index (κ3) is 2.11. The lowest BCUT2D eigenvalue weighted by atomic mass is 9.47. The Morgan fingerprint density at radius 3 is 2.65 bits per heavy atom. The van der Waals surface area contributed by atoms with E-state index in [1.54, 1.807) is 0 Å². The minimum atomic E-state index is 0.329. The zero-order valence-electron chi connectivity index (χ0n) is 14.4. The minimum Gasteiger partial charge on any atom is -0.508 e. The predicted octanol–water partition coefficient (Wildman–Crippen LogP) is 5.26. The van der Waals surface area contributed by atoms with Crippen LogP contribution < -0.4 is 0 Å². The van der Waals surface area contributed by atoms with Crippen LogP contribution in [0, 0.1) is 11.3 Å². The van der Waals surface area contributed by atoms with E-state index < -0.39 is 0 Å². The van der Waals surface area contributed by atoms with Crippen molar-refractivity contribution >= 4 is 0 Å². The molecule has 3 aliphatic carbocycles. The van der Waals surface area contributed by atoms with Crippen LogP contribution in [0.2, 0.25) is 0 Å². The number of aromatic nitrogens is 1. The van der Waals surface area contributed by atoms with Gasteiger partial charge in [-0.25, -0.2) is 0 Å². The van der Waals surface area contributed by atoms with Crippen molar-refractivity contribution in [3.05, 3.63) is 47.2 Å². The summed E-state index contributed by atoms with van der Waals surface area (Å²) in [5, 5.41) is 10.3. The highest BCUT2D eigenvalue weighted by atomic mass is 16.3. The fourth-order valence-electron chi connectivity index (χ4n) is 4.50. The first-order valence-electron chi connectivity index (χ1n) is 8.70. The number of nitrogens with zero attached hydrogens (tertiary/aromatic N) is 1. The minimum absolute atomic E-state index is 0.329. The molecule has 2 nitrogen and oxygen atoms in total. The first-order valence-corrected chi connectivity index (χ1v) is 8.70. The number of hydrogen-bond donors (Lipinski definition) is 1. The smallest absolute Gasteiger partial charge is 0.119 e. The van der Waals surface area contributed by atoms with Crippen LogP contribution in [0.5, 0.6) is 5.75 Å². The Hall–Kier alpha value is -1.83. The van der Waals surface area contributed by atoms with Crippen molar-refractivity contribution in [1.82, 2.24) is 4.98 Å². The normalized spacial score (nSPS) is 24.2. The van der Waals surface area contributed by atoms with Gasteiger partial charge in [-0.15, -0.1) is 0 Å². The van der Waals surface area contributed by atoms with E-state index in [4.69, 9.17) is 4.98 Å². The molecule has 1 fully saturated rings. The SMILES string of the molecule is CC(C)c1ccc(-c2cc3c(cn2)[C@@H]2C[C@H](C3)C2(C)C)cc1O. The van der Waals surface area contributed by atoms with Crippen LogP contribution in [0.4, 0.5) is 0 Å². The van der Waals surface area contributed by atoms with E-state index in [2.05, 4.69) is 46.0 Å².